The van der Waals surface area contributed by atoms with Crippen LogP contribution in [0.2, 0.25) is 0 Å². The van der Waals surface area contributed by atoms with Crippen molar-refractivity contribution in [1.29, 1.82) is 0 Å². The lowest BCUT2D eigenvalue weighted by molar-refractivity contribution is 0.807. The molecule has 1 aromatic heterocycles. The highest BCUT2D eigenvalue weighted by molar-refractivity contribution is 5.44. The maximum absolute atomic E-state index is 5.97. The van der Waals surface area contributed by atoms with Crippen molar-refractivity contribution in [3.63, 3.8) is 0 Å². The Morgan fingerprint density at radius 2 is 1.67 bits per heavy atom. The maximum atomic E-state index is 5.97. The van der Waals surface area contributed by atoms with Crippen molar-refractivity contribution in [2.45, 2.75) is 26.7 Å². The number of hydrogen-bond acceptors (Lipinski definition) is 2. The van der Waals surface area contributed by atoms with Gasteiger partial charge in [-0.1, -0.05) is 12.1 Å². The Hall–Kier alpha value is -1.67. The minimum absolute atomic E-state index is 0.257. The van der Waals surface area contributed by atoms with E-state index in [9.17, 15) is 0 Å². The zero-order valence-corrected chi connectivity index (χ0v) is 11.3. The zero-order chi connectivity index (χ0) is 13.1. The Morgan fingerprint density at radius 1 is 1.00 bits per heavy atom. The molecule has 0 aliphatic rings. The third-order valence-corrected chi connectivity index (χ3v) is 3.82. The van der Waals surface area contributed by atoms with Crippen LogP contribution in [0.5, 0.6) is 0 Å². The lowest BCUT2D eigenvalue weighted by atomic mass is 9.86. The van der Waals surface area contributed by atoms with Crippen molar-refractivity contribution in [2.75, 3.05) is 6.54 Å². The van der Waals surface area contributed by atoms with Gasteiger partial charge in [0.05, 0.1) is 0 Å². The van der Waals surface area contributed by atoms with Gasteiger partial charge in [0.1, 0.15) is 0 Å². The summed E-state index contributed by atoms with van der Waals surface area (Å²) >= 11 is 0. The summed E-state index contributed by atoms with van der Waals surface area (Å²) in [5, 5.41) is 0. The van der Waals surface area contributed by atoms with Crippen LogP contribution in [-0.2, 0) is 0 Å². The van der Waals surface area contributed by atoms with Gasteiger partial charge in [-0.2, -0.15) is 0 Å². The highest BCUT2D eigenvalue weighted by Crippen LogP contribution is 2.28. The van der Waals surface area contributed by atoms with Crippen LogP contribution in [0.25, 0.3) is 0 Å². The van der Waals surface area contributed by atoms with E-state index in [0.717, 1.165) is 0 Å². The Morgan fingerprint density at radius 3 is 2.28 bits per heavy atom. The molecule has 2 aromatic rings. The molecule has 0 radical (unpaired) electrons. The van der Waals surface area contributed by atoms with E-state index in [1.807, 2.05) is 24.5 Å². The van der Waals surface area contributed by atoms with Crippen LogP contribution in [0.3, 0.4) is 0 Å². The standard InChI is InChI=1S/C16H20N2/c1-11-4-5-15(13(3)12(11)2)16(10-17)14-6-8-18-9-7-14/h4-9,16H,10,17H2,1-3H3. The van der Waals surface area contributed by atoms with E-state index in [0.29, 0.717) is 6.54 Å². The largest absolute Gasteiger partial charge is 0.330 e. The van der Waals surface area contributed by atoms with Gasteiger partial charge in [-0.3, -0.25) is 4.98 Å². The Balaban J connectivity index is 2.50. The Labute approximate surface area is 109 Å². The molecule has 0 amide bonds. The van der Waals surface area contributed by atoms with Crippen molar-refractivity contribution in [3.05, 3.63) is 64.5 Å². The van der Waals surface area contributed by atoms with Crippen LogP contribution in [0.4, 0.5) is 0 Å². The number of rotatable bonds is 3. The fraction of sp³-hybridized carbons (Fsp3) is 0.312. The van der Waals surface area contributed by atoms with Crippen molar-refractivity contribution in [3.8, 4) is 0 Å². The van der Waals surface area contributed by atoms with Crippen LogP contribution in [-0.4, -0.2) is 11.5 Å². The average Bonchev–Trinajstić information content (AvgIpc) is 2.41. The van der Waals surface area contributed by atoms with Gasteiger partial charge in [-0.15, -0.1) is 0 Å². The number of pyridine rings is 1. The summed E-state index contributed by atoms with van der Waals surface area (Å²) < 4.78 is 0. The third kappa shape index (κ3) is 2.29. The zero-order valence-electron chi connectivity index (χ0n) is 11.3. The lowest BCUT2D eigenvalue weighted by Gasteiger charge is -2.20. The number of nitrogens with two attached hydrogens (primary N) is 1. The van der Waals surface area contributed by atoms with Gasteiger partial charge in [0.15, 0.2) is 0 Å². The normalized spacial score (nSPS) is 12.4. The molecule has 1 aromatic carbocycles. The van der Waals surface area contributed by atoms with Crippen molar-refractivity contribution in [1.82, 2.24) is 4.98 Å². The van der Waals surface area contributed by atoms with Gasteiger partial charge in [-0.05, 0) is 60.7 Å². The summed E-state index contributed by atoms with van der Waals surface area (Å²) in [6.07, 6.45) is 3.66. The van der Waals surface area contributed by atoms with Crippen molar-refractivity contribution in [2.24, 2.45) is 5.73 Å². The lowest BCUT2D eigenvalue weighted by Crippen LogP contribution is -2.15. The number of hydrogen-bond donors (Lipinski definition) is 1. The molecule has 2 heteroatoms. The second-order valence-electron chi connectivity index (χ2n) is 4.79. The number of benzene rings is 1. The Bertz CT molecular complexity index is 532. The molecule has 1 heterocycles. The van der Waals surface area contributed by atoms with Gasteiger partial charge in [0.25, 0.3) is 0 Å². The SMILES string of the molecule is Cc1ccc(C(CN)c2ccncc2)c(C)c1C. The van der Waals surface area contributed by atoms with E-state index < -0.39 is 0 Å². The predicted molar refractivity (Wildman–Crippen MR) is 75.8 cm³/mol. The van der Waals surface area contributed by atoms with E-state index in [4.69, 9.17) is 5.73 Å². The van der Waals surface area contributed by atoms with E-state index >= 15 is 0 Å². The molecule has 0 saturated heterocycles. The molecule has 94 valence electrons. The second kappa shape index (κ2) is 5.32. The fourth-order valence-electron chi connectivity index (χ4n) is 2.39. The Kier molecular flexibility index (Phi) is 3.78. The molecule has 18 heavy (non-hydrogen) atoms. The molecule has 0 aliphatic carbocycles. The van der Waals surface area contributed by atoms with Crippen LogP contribution in [0.1, 0.15) is 33.7 Å². The van der Waals surface area contributed by atoms with E-state index in [1.54, 1.807) is 0 Å². The average molecular weight is 240 g/mol. The molecule has 0 bridgehead atoms. The number of aryl methyl sites for hydroxylation is 1. The summed E-state index contributed by atoms with van der Waals surface area (Å²) in [5.74, 6) is 0.257. The monoisotopic (exact) mass is 240 g/mol. The van der Waals surface area contributed by atoms with Crippen LogP contribution < -0.4 is 5.73 Å². The van der Waals surface area contributed by atoms with Gasteiger partial charge >= 0.3 is 0 Å². The number of nitrogens with zero attached hydrogens (tertiary/aromatic N) is 1. The van der Waals surface area contributed by atoms with Gasteiger partial charge in [0, 0.05) is 24.9 Å². The predicted octanol–water partition coefficient (Wildman–Crippen LogP) is 3.10. The molecular weight excluding hydrogens is 220 g/mol. The molecule has 2 nitrogen and oxygen atoms in total. The van der Waals surface area contributed by atoms with Crippen LogP contribution >= 0.6 is 0 Å². The second-order valence-corrected chi connectivity index (χ2v) is 4.79. The van der Waals surface area contributed by atoms with E-state index in [2.05, 4.69) is 37.9 Å². The molecule has 1 atom stereocenters. The summed E-state index contributed by atoms with van der Waals surface area (Å²) in [7, 11) is 0. The number of aromatic nitrogens is 1. The maximum Gasteiger partial charge on any atom is 0.0270 e. The van der Waals surface area contributed by atoms with Crippen LogP contribution in [0, 0.1) is 20.8 Å². The van der Waals surface area contributed by atoms with E-state index in [-0.39, 0.29) is 5.92 Å². The van der Waals surface area contributed by atoms with Gasteiger partial charge < -0.3 is 5.73 Å². The summed E-state index contributed by atoms with van der Waals surface area (Å²) in [6, 6.07) is 8.48. The van der Waals surface area contributed by atoms with Gasteiger partial charge in [0.2, 0.25) is 0 Å². The summed E-state index contributed by atoms with van der Waals surface area (Å²) in [5.41, 5.74) is 12.6. The smallest absolute Gasteiger partial charge is 0.0270 e. The van der Waals surface area contributed by atoms with Crippen LogP contribution in [0.15, 0.2) is 36.7 Å². The highest BCUT2D eigenvalue weighted by Gasteiger charge is 2.15. The first kappa shape index (κ1) is 12.8. The molecular formula is C16H20N2. The van der Waals surface area contributed by atoms with Crippen molar-refractivity contribution >= 4 is 0 Å². The summed E-state index contributed by atoms with van der Waals surface area (Å²) in [4.78, 5) is 4.07. The molecule has 0 aliphatic heterocycles. The minimum atomic E-state index is 0.257. The first-order valence-electron chi connectivity index (χ1n) is 6.31. The molecule has 0 spiro atoms. The first-order valence-corrected chi connectivity index (χ1v) is 6.31. The molecule has 0 saturated carbocycles. The fourth-order valence-corrected chi connectivity index (χ4v) is 2.39. The molecule has 0 fully saturated rings. The quantitative estimate of drug-likeness (QED) is 0.895. The molecule has 2 N–H and O–H groups in total. The first-order chi connectivity index (χ1) is 8.65. The van der Waals surface area contributed by atoms with Gasteiger partial charge in [-0.25, -0.2) is 0 Å². The minimum Gasteiger partial charge on any atom is -0.330 e. The third-order valence-electron chi connectivity index (χ3n) is 3.82. The summed E-state index contributed by atoms with van der Waals surface area (Å²) in [6.45, 7) is 7.12. The highest BCUT2D eigenvalue weighted by atomic mass is 14.6. The van der Waals surface area contributed by atoms with E-state index in [1.165, 1.54) is 27.8 Å². The van der Waals surface area contributed by atoms with Crippen molar-refractivity contribution < 1.29 is 0 Å². The molecule has 2 rings (SSSR count). The molecule has 1 unspecified atom stereocenters. The topological polar surface area (TPSA) is 38.9 Å².